The highest BCUT2D eigenvalue weighted by Crippen LogP contribution is 2.43. The topological polar surface area (TPSA) is 55.2 Å². The van der Waals surface area contributed by atoms with Gasteiger partial charge in [-0.2, -0.15) is 0 Å². The molecule has 1 aromatic heterocycles. The van der Waals surface area contributed by atoms with Gasteiger partial charge in [0.05, 0.1) is 19.8 Å². The third kappa shape index (κ3) is 2.11. The third-order valence-electron chi connectivity index (χ3n) is 3.00. The lowest BCUT2D eigenvalue weighted by molar-refractivity contribution is -0.121. The molecule has 3 rings (SSSR count). The first kappa shape index (κ1) is 11.0. The SMILES string of the molecule is OCC1(CSc2nnc(C3CC3)s2)COC1. The van der Waals surface area contributed by atoms with E-state index in [2.05, 4.69) is 10.2 Å². The summed E-state index contributed by atoms with van der Waals surface area (Å²) in [4.78, 5) is 0. The second-order valence-electron chi connectivity index (χ2n) is 4.62. The van der Waals surface area contributed by atoms with E-state index in [1.165, 1.54) is 17.8 Å². The number of thioether (sulfide) groups is 1. The molecule has 2 fully saturated rings. The first-order valence-electron chi connectivity index (χ1n) is 5.46. The number of aromatic nitrogens is 2. The molecule has 0 amide bonds. The van der Waals surface area contributed by atoms with Gasteiger partial charge in [-0.3, -0.25) is 0 Å². The van der Waals surface area contributed by atoms with Gasteiger partial charge in [0.15, 0.2) is 4.34 Å². The van der Waals surface area contributed by atoms with Crippen molar-refractivity contribution in [1.29, 1.82) is 0 Å². The summed E-state index contributed by atoms with van der Waals surface area (Å²) in [6, 6.07) is 0. The molecule has 0 atom stereocenters. The third-order valence-corrected chi connectivity index (χ3v) is 5.57. The summed E-state index contributed by atoms with van der Waals surface area (Å²) in [5, 5.41) is 18.9. The van der Waals surface area contributed by atoms with Crippen LogP contribution in [0.5, 0.6) is 0 Å². The van der Waals surface area contributed by atoms with Gasteiger partial charge in [0.2, 0.25) is 0 Å². The standard InChI is InChI=1S/C10H14N2O2S2/c13-3-10(4-14-5-10)6-15-9-12-11-8(16-9)7-1-2-7/h7,13H,1-6H2. The van der Waals surface area contributed by atoms with E-state index < -0.39 is 0 Å². The van der Waals surface area contributed by atoms with Gasteiger partial charge < -0.3 is 9.84 Å². The highest BCUT2D eigenvalue weighted by atomic mass is 32.2. The van der Waals surface area contributed by atoms with Gasteiger partial charge in [0, 0.05) is 17.1 Å². The summed E-state index contributed by atoms with van der Waals surface area (Å²) in [6.45, 7) is 1.55. The fourth-order valence-corrected chi connectivity index (χ4v) is 3.80. The minimum Gasteiger partial charge on any atom is -0.396 e. The van der Waals surface area contributed by atoms with Gasteiger partial charge in [-0.25, -0.2) is 0 Å². The summed E-state index contributed by atoms with van der Waals surface area (Å²) in [7, 11) is 0. The Morgan fingerprint density at radius 1 is 1.44 bits per heavy atom. The molecule has 0 radical (unpaired) electrons. The molecular formula is C10H14N2O2S2. The van der Waals surface area contributed by atoms with Crippen LogP contribution in [0.15, 0.2) is 4.34 Å². The maximum Gasteiger partial charge on any atom is 0.174 e. The lowest BCUT2D eigenvalue weighted by Crippen LogP contribution is -2.47. The van der Waals surface area contributed by atoms with Crippen molar-refractivity contribution in [2.24, 2.45) is 5.41 Å². The zero-order valence-electron chi connectivity index (χ0n) is 8.89. The Morgan fingerprint density at radius 2 is 2.25 bits per heavy atom. The smallest absolute Gasteiger partial charge is 0.174 e. The van der Waals surface area contributed by atoms with Crippen molar-refractivity contribution >= 4 is 23.1 Å². The predicted molar refractivity (Wildman–Crippen MR) is 62.9 cm³/mol. The molecule has 1 aliphatic carbocycles. The molecular weight excluding hydrogens is 244 g/mol. The first-order chi connectivity index (χ1) is 7.81. The van der Waals surface area contributed by atoms with Crippen molar-refractivity contribution < 1.29 is 9.84 Å². The van der Waals surface area contributed by atoms with Crippen LogP contribution in [0, 0.1) is 5.41 Å². The summed E-state index contributed by atoms with van der Waals surface area (Å²) < 4.78 is 6.19. The van der Waals surface area contributed by atoms with Crippen LogP contribution in [0.2, 0.25) is 0 Å². The zero-order chi connectivity index (χ0) is 11.0. The second kappa shape index (κ2) is 4.25. The fraction of sp³-hybridized carbons (Fsp3) is 0.800. The maximum atomic E-state index is 9.29. The number of aliphatic hydroxyl groups is 1. The van der Waals surface area contributed by atoms with Crippen molar-refractivity contribution in [1.82, 2.24) is 10.2 Å². The van der Waals surface area contributed by atoms with E-state index in [9.17, 15) is 5.11 Å². The van der Waals surface area contributed by atoms with Gasteiger partial charge in [0.25, 0.3) is 0 Å². The fourth-order valence-electron chi connectivity index (χ4n) is 1.60. The molecule has 4 nitrogen and oxygen atoms in total. The lowest BCUT2D eigenvalue weighted by atomic mass is 9.90. The number of rotatable bonds is 5. The molecule has 0 aromatic carbocycles. The van der Waals surface area contributed by atoms with E-state index in [-0.39, 0.29) is 12.0 Å². The van der Waals surface area contributed by atoms with Crippen LogP contribution >= 0.6 is 23.1 Å². The Labute approximate surface area is 102 Å². The van der Waals surface area contributed by atoms with Crippen molar-refractivity contribution in [2.45, 2.75) is 23.1 Å². The van der Waals surface area contributed by atoms with E-state index in [0.29, 0.717) is 19.1 Å². The number of aliphatic hydroxyl groups excluding tert-OH is 1. The van der Waals surface area contributed by atoms with Gasteiger partial charge in [-0.15, -0.1) is 10.2 Å². The number of nitrogens with zero attached hydrogens (tertiary/aromatic N) is 2. The zero-order valence-corrected chi connectivity index (χ0v) is 10.5. The van der Waals surface area contributed by atoms with Crippen LogP contribution in [0.25, 0.3) is 0 Å². The summed E-state index contributed by atoms with van der Waals surface area (Å²) >= 11 is 3.41. The van der Waals surface area contributed by atoms with E-state index in [4.69, 9.17) is 4.74 Å². The molecule has 1 saturated heterocycles. The quantitative estimate of drug-likeness (QED) is 0.811. The molecule has 0 bridgehead atoms. The molecule has 6 heteroatoms. The second-order valence-corrected chi connectivity index (χ2v) is 6.85. The van der Waals surface area contributed by atoms with Crippen LogP contribution < -0.4 is 0 Å². The summed E-state index contributed by atoms with van der Waals surface area (Å²) in [5.74, 6) is 1.56. The van der Waals surface area contributed by atoms with Crippen molar-refractivity contribution in [2.75, 3.05) is 25.6 Å². The highest BCUT2D eigenvalue weighted by molar-refractivity contribution is 8.01. The Morgan fingerprint density at radius 3 is 2.81 bits per heavy atom. The molecule has 2 aliphatic rings. The average molecular weight is 258 g/mol. The largest absolute Gasteiger partial charge is 0.396 e. The Bertz CT molecular complexity index is 369. The van der Waals surface area contributed by atoms with Gasteiger partial charge >= 0.3 is 0 Å². The summed E-state index contributed by atoms with van der Waals surface area (Å²) in [5.41, 5.74) is -0.0317. The molecule has 0 unspecified atom stereocenters. The number of hydrogen-bond acceptors (Lipinski definition) is 6. The number of hydrogen-bond donors (Lipinski definition) is 1. The first-order valence-corrected chi connectivity index (χ1v) is 7.26. The van der Waals surface area contributed by atoms with Crippen molar-refractivity contribution in [3.63, 3.8) is 0 Å². The highest BCUT2D eigenvalue weighted by Gasteiger charge is 2.38. The normalized spacial score (nSPS) is 23.1. The molecule has 1 aromatic rings. The molecule has 0 spiro atoms. The monoisotopic (exact) mass is 258 g/mol. The lowest BCUT2D eigenvalue weighted by Gasteiger charge is -2.39. The van der Waals surface area contributed by atoms with Crippen LogP contribution in [-0.2, 0) is 4.74 Å². The molecule has 2 heterocycles. The molecule has 1 N–H and O–H groups in total. The Hall–Kier alpha value is -0.170. The Kier molecular flexibility index (Phi) is 2.91. The Balaban J connectivity index is 1.56. The van der Waals surface area contributed by atoms with E-state index in [1.54, 1.807) is 23.1 Å². The molecule has 88 valence electrons. The molecule has 16 heavy (non-hydrogen) atoms. The van der Waals surface area contributed by atoms with Crippen LogP contribution in [0.1, 0.15) is 23.8 Å². The summed E-state index contributed by atoms with van der Waals surface area (Å²) in [6.07, 6.45) is 2.54. The predicted octanol–water partition coefficient (Wildman–Crippen LogP) is 1.52. The van der Waals surface area contributed by atoms with Gasteiger partial charge in [-0.05, 0) is 12.8 Å². The molecule has 1 saturated carbocycles. The van der Waals surface area contributed by atoms with E-state index in [0.717, 1.165) is 10.1 Å². The van der Waals surface area contributed by atoms with E-state index in [1.807, 2.05) is 0 Å². The number of ether oxygens (including phenoxy) is 1. The van der Waals surface area contributed by atoms with Crippen molar-refractivity contribution in [3.05, 3.63) is 5.01 Å². The molecule has 1 aliphatic heterocycles. The van der Waals surface area contributed by atoms with Gasteiger partial charge in [0.1, 0.15) is 5.01 Å². The minimum absolute atomic E-state index is 0.0317. The maximum absolute atomic E-state index is 9.29. The average Bonchev–Trinajstić information content (AvgIpc) is 2.98. The van der Waals surface area contributed by atoms with Crippen LogP contribution in [0.4, 0.5) is 0 Å². The van der Waals surface area contributed by atoms with Gasteiger partial charge in [-0.1, -0.05) is 23.1 Å². The van der Waals surface area contributed by atoms with E-state index >= 15 is 0 Å². The minimum atomic E-state index is -0.0317. The van der Waals surface area contributed by atoms with Crippen LogP contribution in [0.3, 0.4) is 0 Å². The van der Waals surface area contributed by atoms with Crippen LogP contribution in [-0.4, -0.2) is 40.9 Å². The van der Waals surface area contributed by atoms with Crippen molar-refractivity contribution in [3.8, 4) is 0 Å².